The standard InChI is InChI=1S/C12H19N3/c13-12(6-7-12)10-8-14-15(9-10)11-4-2-1-3-5-11/h8-9,11H,1-7,13H2. The van der Waals surface area contributed by atoms with Gasteiger partial charge in [-0.3, -0.25) is 4.68 Å². The average molecular weight is 205 g/mol. The Labute approximate surface area is 90.7 Å². The second-order valence-corrected chi connectivity index (χ2v) is 5.16. The minimum atomic E-state index is -0.0209. The molecular formula is C12H19N3. The SMILES string of the molecule is NC1(c2cnn(C3CCCCC3)c2)CC1. The van der Waals surface area contributed by atoms with Crippen molar-refractivity contribution in [2.45, 2.75) is 56.5 Å². The molecule has 1 heterocycles. The number of rotatable bonds is 2. The van der Waals surface area contributed by atoms with Gasteiger partial charge in [0.05, 0.1) is 12.2 Å². The lowest BCUT2D eigenvalue weighted by Gasteiger charge is -2.21. The van der Waals surface area contributed by atoms with Crippen LogP contribution in [0, 0.1) is 0 Å². The lowest BCUT2D eigenvalue weighted by molar-refractivity contribution is 0.329. The van der Waals surface area contributed by atoms with Crippen molar-refractivity contribution in [3.63, 3.8) is 0 Å². The second-order valence-electron chi connectivity index (χ2n) is 5.16. The van der Waals surface area contributed by atoms with Gasteiger partial charge in [0.15, 0.2) is 0 Å². The quantitative estimate of drug-likeness (QED) is 0.805. The van der Waals surface area contributed by atoms with Gasteiger partial charge >= 0.3 is 0 Å². The van der Waals surface area contributed by atoms with Gasteiger partial charge < -0.3 is 5.73 Å². The maximum Gasteiger partial charge on any atom is 0.0540 e. The van der Waals surface area contributed by atoms with Gasteiger partial charge in [0, 0.05) is 17.3 Å². The lowest BCUT2D eigenvalue weighted by atomic mass is 9.96. The van der Waals surface area contributed by atoms with Gasteiger partial charge in [-0.2, -0.15) is 5.10 Å². The number of nitrogens with two attached hydrogens (primary N) is 1. The van der Waals surface area contributed by atoms with Crippen LogP contribution in [0.5, 0.6) is 0 Å². The molecule has 15 heavy (non-hydrogen) atoms. The van der Waals surface area contributed by atoms with Gasteiger partial charge in [0.25, 0.3) is 0 Å². The zero-order valence-electron chi connectivity index (χ0n) is 9.15. The predicted octanol–water partition coefficient (Wildman–Crippen LogP) is 2.34. The van der Waals surface area contributed by atoms with Crippen molar-refractivity contribution in [1.29, 1.82) is 0 Å². The van der Waals surface area contributed by atoms with Gasteiger partial charge in [0.1, 0.15) is 0 Å². The Bertz CT molecular complexity index is 346. The number of hydrogen-bond donors (Lipinski definition) is 1. The van der Waals surface area contributed by atoms with Crippen molar-refractivity contribution in [2.24, 2.45) is 5.73 Å². The Morgan fingerprint density at radius 1 is 1.27 bits per heavy atom. The van der Waals surface area contributed by atoms with Gasteiger partial charge in [-0.1, -0.05) is 19.3 Å². The van der Waals surface area contributed by atoms with E-state index in [1.54, 1.807) is 0 Å². The van der Waals surface area contributed by atoms with E-state index >= 15 is 0 Å². The smallest absolute Gasteiger partial charge is 0.0540 e. The number of hydrogen-bond acceptors (Lipinski definition) is 2. The Kier molecular flexibility index (Phi) is 2.09. The van der Waals surface area contributed by atoms with Gasteiger partial charge in [-0.15, -0.1) is 0 Å². The first kappa shape index (κ1) is 9.40. The third-order valence-electron chi connectivity index (χ3n) is 3.91. The van der Waals surface area contributed by atoms with Crippen molar-refractivity contribution in [1.82, 2.24) is 9.78 Å². The first-order valence-electron chi connectivity index (χ1n) is 6.11. The highest BCUT2D eigenvalue weighted by Crippen LogP contribution is 2.42. The molecule has 0 amide bonds. The molecule has 0 spiro atoms. The fourth-order valence-electron chi connectivity index (χ4n) is 2.56. The molecule has 2 aliphatic carbocycles. The molecular weight excluding hydrogens is 186 g/mol. The summed E-state index contributed by atoms with van der Waals surface area (Å²) in [4.78, 5) is 0. The Morgan fingerprint density at radius 2 is 2.00 bits per heavy atom. The van der Waals surface area contributed by atoms with E-state index in [1.165, 1.54) is 37.7 Å². The van der Waals surface area contributed by atoms with E-state index in [0.29, 0.717) is 6.04 Å². The molecule has 0 unspecified atom stereocenters. The Morgan fingerprint density at radius 3 is 2.67 bits per heavy atom. The topological polar surface area (TPSA) is 43.8 Å². The molecule has 0 aromatic carbocycles. The first-order chi connectivity index (χ1) is 7.28. The lowest BCUT2D eigenvalue weighted by Crippen LogP contribution is -2.18. The maximum atomic E-state index is 6.16. The predicted molar refractivity (Wildman–Crippen MR) is 59.4 cm³/mol. The summed E-state index contributed by atoms with van der Waals surface area (Å²) >= 11 is 0. The molecule has 2 N–H and O–H groups in total. The monoisotopic (exact) mass is 205 g/mol. The molecule has 1 aromatic heterocycles. The maximum absolute atomic E-state index is 6.16. The molecule has 2 aliphatic rings. The van der Waals surface area contributed by atoms with Crippen LogP contribution in [0.4, 0.5) is 0 Å². The van der Waals surface area contributed by atoms with Crippen molar-refractivity contribution in [2.75, 3.05) is 0 Å². The summed E-state index contributed by atoms with van der Waals surface area (Å²) in [5.41, 5.74) is 7.38. The highest BCUT2D eigenvalue weighted by molar-refractivity contribution is 5.24. The van der Waals surface area contributed by atoms with Gasteiger partial charge in [-0.05, 0) is 25.7 Å². The van der Waals surface area contributed by atoms with Crippen molar-refractivity contribution in [3.8, 4) is 0 Å². The molecule has 1 aromatic rings. The highest BCUT2D eigenvalue weighted by atomic mass is 15.3. The van der Waals surface area contributed by atoms with Crippen LogP contribution in [0.2, 0.25) is 0 Å². The molecule has 0 aliphatic heterocycles. The summed E-state index contributed by atoms with van der Waals surface area (Å²) < 4.78 is 2.15. The summed E-state index contributed by atoms with van der Waals surface area (Å²) in [7, 11) is 0. The van der Waals surface area contributed by atoms with E-state index in [9.17, 15) is 0 Å². The van der Waals surface area contributed by atoms with E-state index in [1.807, 2.05) is 6.20 Å². The molecule has 0 bridgehead atoms. The van der Waals surface area contributed by atoms with Crippen LogP contribution in [0.25, 0.3) is 0 Å². The van der Waals surface area contributed by atoms with Crippen LogP contribution < -0.4 is 5.73 Å². The molecule has 0 atom stereocenters. The zero-order valence-corrected chi connectivity index (χ0v) is 9.15. The third-order valence-corrected chi connectivity index (χ3v) is 3.91. The van der Waals surface area contributed by atoms with E-state index in [0.717, 1.165) is 12.8 Å². The van der Waals surface area contributed by atoms with Crippen LogP contribution in [0.3, 0.4) is 0 Å². The summed E-state index contributed by atoms with van der Waals surface area (Å²) in [6.07, 6.45) is 13.1. The molecule has 82 valence electrons. The van der Waals surface area contributed by atoms with Crippen molar-refractivity contribution >= 4 is 0 Å². The van der Waals surface area contributed by atoms with Crippen LogP contribution in [-0.4, -0.2) is 9.78 Å². The van der Waals surface area contributed by atoms with Crippen molar-refractivity contribution < 1.29 is 0 Å². The number of nitrogens with zero attached hydrogens (tertiary/aromatic N) is 2. The zero-order chi connectivity index (χ0) is 10.3. The summed E-state index contributed by atoms with van der Waals surface area (Å²) in [5, 5.41) is 4.48. The van der Waals surface area contributed by atoms with E-state index in [2.05, 4.69) is 16.0 Å². The molecule has 3 rings (SSSR count). The Balaban J connectivity index is 1.77. The summed E-state index contributed by atoms with van der Waals surface area (Å²) in [5.74, 6) is 0. The van der Waals surface area contributed by atoms with Gasteiger partial charge in [0.2, 0.25) is 0 Å². The van der Waals surface area contributed by atoms with E-state index in [4.69, 9.17) is 5.73 Å². The average Bonchev–Trinajstić information content (AvgIpc) is 2.85. The summed E-state index contributed by atoms with van der Waals surface area (Å²) in [6.45, 7) is 0. The molecule has 0 saturated heterocycles. The van der Waals surface area contributed by atoms with Crippen LogP contribution in [0.1, 0.15) is 56.6 Å². The molecule has 0 radical (unpaired) electrons. The van der Waals surface area contributed by atoms with Crippen molar-refractivity contribution in [3.05, 3.63) is 18.0 Å². The highest BCUT2D eigenvalue weighted by Gasteiger charge is 2.41. The van der Waals surface area contributed by atoms with Crippen LogP contribution in [0.15, 0.2) is 12.4 Å². The largest absolute Gasteiger partial charge is 0.321 e. The molecule has 3 nitrogen and oxygen atoms in total. The number of aromatic nitrogens is 2. The van der Waals surface area contributed by atoms with E-state index in [-0.39, 0.29) is 5.54 Å². The normalized spacial score (nSPS) is 25.4. The fraction of sp³-hybridized carbons (Fsp3) is 0.750. The summed E-state index contributed by atoms with van der Waals surface area (Å²) in [6, 6.07) is 0.634. The minimum Gasteiger partial charge on any atom is -0.321 e. The van der Waals surface area contributed by atoms with Crippen LogP contribution >= 0.6 is 0 Å². The fourth-order valence-corrected chi connectivity index (χ4v) is 2.56. The van der Waals surface area contributed by atoms with Crippen LogP contribution in [-0.2, 0) is 5.54 Å². The second kappa shape index (κ2) is 3.34. The third kappa shape index (κ3) is 1.69. The van der Waals surface area contributed by atoms with E-state index < -0.39 is 0 Å². The minimum absolute atomic E-state index is 0.0209. The molecule has 3 heteroatoms. The van der Waals surface area contributed by atoms with Gasteiger partial charge in [-0.25, -0.2) is 0 Å². The molecule has 2 fully saturated rings. The Hall–Kier alpha value is -0.830. The first-order valence-corrected chi connectivity index (χ1v) is 6.11. The molecule has 2 saturated carbocycles.